The minimum atomic E-state index is -0.435. The van der Waals surface area contributed by atoms with Gasteiger partial charge in [0.25, 0.3) is 0 Å². The second-order valence-corrected chi connectivity index (χ2v) is 6.54. The summed E-state index contributed by atoms with van der Waals surface area (Å²) in [7, 11) is 0. The molecule has 0 atom stereocenters. The van der Waals surface area contributed by atoms with Gasteiger partial charge in [0.1, 0.15) is 0 Å². The van der Waals surface area contributed by atoms with Crippen LogP contribution in [0.2, 0.25) is 0 Å². The van der Waals surface area contributed by atoms with Gasteiger partial charge in [-0.15, -0.1) is 5.10 Å². The lowest BCUT2D eigenvalue weighted by molar-refractivity contribution is -0.117. The number of urea groups is 1. The van der Waals surface area contributed by atoms with Gasteiger partial charge in [-0.3, -0.25) is 15.2 Å². The van der Waals surface area contributed by atoms with Gasteiger partial charge in [0.15, 0.2) is 5.82 Å². The first kappa shape index (κ1) is 16.5. The van der Waals surface area contributed by atoms with Crippen molar-refractivity contribution >= 4 is 23.7 Å². The number of nitrogens with one attached hydrogen (secondary N) is 3. The molecule has 0 unspecified atom stereocenters. The number of H-pyrrole nitrogens is 1. The molecule has 1 aromatic carbocycles. The summed E-state index contributed by atoms with van der Waals surface area (Å²) in [6.07, 6.45) is 2.95. The standard InChI is InChI=1S/C16H19N5O2S/c1-2-10-3-5-11(6-4-10)14-19-16(21-20-14)24-9-13(22)18-15(23)17-12-7-8-12/h3-6,12H,2,7-9H2,1H3,(H,19,20,21)(H2,17,18,22,23). The zero-order valence-electron chi connectivity index (χ0n) is 13.3. The van der Waals surface area contributed by atoms with Crippen molar-refractivity contribution in [3.8, 4) is 11.4 Å². The van der Waals surface area contributed by atoms with Crippen LogP contribution in [0.4, 0.5) is 4.79 Å². The third-order valence-corrected chi connectivity index (χ3v) is 4.45. The van der Waals surface area contributed by atoms with Gasteiger partial charge in [0, 0.05) is 11.6 Å². The number of nitrogens with zero attached hydrogens (tertiary/aromatic N) is 2. The van der Waals surface area contributed by atoms with E-state index >= 15 is 0 Å². The van der Waals surface area contributed by atoms with Gasteiger partial charge in [0.2, 0.25) is 11.1 Å². The summed E-state index contributed by atoms with van der Waals surface area (Å²) in [5, 5.41) is 12.4. The molecule has 0 aliphatic heterocycles. The lowest BCUT2D eigenvalue weighted by Gasteiger charge is -2.03. The Kier molecular flexibility index (Phi) is 5.14. The number of aromatic amines is 1. The number of imide groups is 1. The number of rotatable bonds is 6. The number of hydrogen-bond acceptors (Lipinski definition) is 5. The highest BCUT2D eigenvalue weighted by Gasteiger charge is 2.23. The third-order valence-electron chi connectivity index (χ3n) is 3.60. The van der Waals surface area contributed by atoms with Gasteiger partial charge < -0.3 is 5.32 Å². The Morgan fingerprint density at radius 2 is 2.04 bits per heavy atom. The van der Waals surface area contributed by atoms with Crippen molar-refractivity contribution in [3.05, 3.63) is 29.8 Å². The quantitative estimate of drug-likeness (QED) is 0.696. The smallest absolute Gasteiger partial charge is 0.321 e. The molecule has 1 saturated carbocycles. The number of aryl methyl sites for hydroxylation is 1. The van der Waals surface area contributed by atoms with Crippen molar-refractivity contribution in [2.45, 2.75) is 37.4 Å². The molecule has 1 aromatic heterocycles. The Morgan fingerprint density at radius 3 is 2.71 bits per heavy atom. The SMILES string of the molecule is CCc1ccc(-c2nc(SCC(=O)NC(=O)NC3CC3)n[nH]2)cc1. The van der Waals surface area contributed by atoms with E-state index in [9.17, 15) is 9.59 Å². The fourth-order valence-electron chi connectivity index (χ4n) is 2.08. The van der Waals surface area contributed by atoms with Crippen molar-refractivity contribution in [1.82, 2.24) is 25.8 Å². The van der Waals surface area contributed by atoms with E-state index in [4.69, 9.17) is 0 Å². The molecule has 1 aliphatic rings. The third kappa shape index (κ3) is 4.58. The Labute approximate surface area is 144 Å². The number of carbonyl (C=O) groups is 2. The van der Waals surface area contributed by atoms with Crippen LogP contribution in [0.1, 0.15) is 25.3 Å². The van der Waals surface area contributed by atoms with Crippen molar-refractivity contribution < 1.29 is 9.59 Å². The summed E-state index contributed by atoms with van der Waals surface area (Å²) in [5.41, 5.74) is 2.20. The molecule has 1 aliphatic carbocycles. The maximum absolute atomic E-state index is 11.7. The van der Waals surface area contributed by atoms with Crippen LogP contribution in [0, 0.1) is 0 Å². The predicted molar refractivity (Wildman–Crippen MR) is 91.6 cm³/mol. The van der Waals surface area contributed by atoms with Crippen LogP contribution in [0.15, 0.2) is 29.4 Å². The van der Waals surface area contributed by atoms with Crippen LogP contribution in [0.25, 0.3) is 11.4 Å². The molecular weight excluding hydrogens is 326 g/mol. The zero-order valence-corrected chi connectivity index (χ0v) is 14.2. The number of carbonyl (C=O) groups excluding carboxylic acids is 2. The Bertz CT molecular complexity index is 724. The van der Waals surface area contributed by atoms with E-state index in [1.54, 1.807) is 0 Å². The molecule has 0 radical (unpaired) electrons. The van der Waals surface area contributed by atoms with Crippen LogP contribution >= 0.6 is 11.8 Å². The molecule has 7 nitrogen and oxygen atoms in total. The second kappa shape index (κ2) is 7.48. The summed E-state index contributed by atoms with van der Waals surface area (Å²) < 4.78 is 0. The van der Waals surface area contributed by atoms with E-state index in [0.29, 0.717) is 11.0 Å². The van der Waals surface area contributed by atoms with Gasteiger partial charge in [0.05, 0.1) is 5.75 Å². The van der Waals surface area contributed by atoms with Crippen LogP contribution in [-0.2, 0) is 11.2 Å². The van der Waals surface area contributed by atoms with Gasteiger partial charge in [-0.05, 0) is 24.8 Å². The van der Waals surface area contributed by atoms with Crippen LogP contribution < -0.4 is 10.6 Å². The highest BCUT2D eigenvalue weighted by atomic mass is 32.2. The number of amides is 3. The first-order valence-electron chi connectivity index (χ1n) is 7.89. The number of benzene rings is 1. The molecule has 3 amide bonds. The van der Waals surface area contributed by atoms with E-state index in [-0.39, 0.29) is 17.7 Å². The fraction of sp³-hybridized carbons (Fsp3) is 0.375. The predicted octanol–water partition coefficient (Wildman–Crippen LogP) is 2.11. The number of aromatic nitrogens is 3. The summed E-state index contributed by atoms with van der Waals surface area (Å²) >= 11 is 1.18. The highest BCUT2D eigenvalue weighted by Crippen LogP contribution is 2.20. The van der Waals surface area contributed by atoms with Crippen molar-refractivity contribution in [3.63, 3.8) is 0 Å². The molecule has 0 spiro atoms. The minimum absolute atomic E-state index is 0.0875. The van der Waals surface area contributed by atoms with Gasteiger partial charge >= 0.3 is 6.03 Å². The van der Waals surface area contributed by atoms with Crippen molar-refractivity contribution in [2.75, 3.05) is 5.75 Å². The lowest BCUT2D eigenvalue weighted by Crippen LogP contribution is -2.41. The lowest BCUT2D eigenvalue weighted by atomic mass is 10.1. The number of thioether (sulfide) groups is 1. The molecular formula is C16H19N5O2S. The summed E-state index contributed by atoms with van der Waals surface area (Å²) in [5.74, 6) is 0.383. The number of hydrogen-bond donors (Lipinski definition) is 3. The Balaban J connectivity index is 1.49. The first-order valence-corrected chi connectivity index (χ1v) is 8.87. The van der Waals surface area contributed by atoms with E-state index < -0.39 is 6.03 Å². The van der Waals surface area contributed by atoms with E-state index in [1.165, 1.54) is 17.3 Å². The Morgan fingerprint density at radius 1 is 1.29 bits per heavy atom. The molecule has 8 heteroatoms. The average molecular weight is 345 g/mol. The van der Waals surface area contributed by atoms with Gasteiger partial charge in [-0.2, -0.15) is 0 Å². The zero-order chi connectivity index (χ0) is 16.9. The molecule has 2 aromatic rings. The fourth-order valence-corrected chi connectivity index (χ4v) is 2.68. The van der Waals surface area contributed by atoms with E-state index in [1.807, 2.05) is 12.1 Å². The molecule has 0 saturated heterocycles. The van der Waals surface area contributed by atoms with Gasteiger partial charge in [-0.1, -0.05) is 43.0 Å². The van der Waals surface area contributed by atoms with Crippen LogP contribution in [0.3, 0.4) is 0 Å². The van der Waals surface area contributed by atoms with E-state index in [2.05, 4.69) is 44.9 Å². The normalized spacial score (nSPS) is 13.5. The van der Waals surface area contributed by atoms with Crippen LogP contribution in [-0.4, -0.2) is 38.9 Å². The molecule has 1 fully saturated rings. The van der Waals surface area contributed by atoms with Crippen molar-refractivity contribution in [2.24, 2.45) is 0 Å². The molecule has 126 valence electrons. The summed E-state index contributed by atoms with van der Waals surface area (Å²) in [6, 6.07) is 7.87. The average Bonchev–Trinajstić information content (AvgIpc) is 3.26. The van der Waals surface area contributed by atoms with E-state index in [0.717, 1.165) is 24.8 Å². The maximum Gasteiger partial charge on any atom is 0.321 e. The van der Waals surface area contributed by atoms with Crippen LogP contribution in [0.5, 0.6) is 0 Å². The largest absolute Gasteiger partial charge is 0.335 e. The summed E-state index contributed by atoms with van der Waals surface area (Å²) in [6.45, 7) is 2.11. The molecule has 3 N–H and O–H groups in total. The topological polar surface area (TPSA) is 99.8 Å². The summed E-state index contributed by atoms with van der Waals surface area (Å²) in [4.78, 5) is 27.5. The minimum Gasteiger partial charge on any atom is -0.335 e. The molecule has 1 heterocycles. The van der Waals surface area contributed by atoms with Gasteiger partial charge in [-0.25, -0.2) is 9.78 Å². The van der Waals surface area contributed by atoms with Crippen molar-refractivity contribution in [1.29, 1.82) is 0 Å². The molecule has 24 heavy (non-hydrogen) atoms. The monoisotopic (exact) mass is 345 g/mol. The first-order chi connectivity index (χ1) is 11.6. The molecule has 3 rings (SSSR count). The highest BCUT2D eigenvalue weighted by molar-refractivity contribution is 7.99. The second-order valence-electron chi connectivity index (χ2n) is 5.60. The maximum atomic E-state index is 11.7. The Hall–Kier alpha value is -2.35. The molecule has 0 bridgehead atoms.